The molecule has 0 bridgehead atoms. The zero-order valence-corrected chi connectivity index (χ0v) is 15.5. The van der Waals surface area contributed by atoms with E-state index in [1.807, 2.05) is 5.51 Å². The van der Waals surface area contributed by atoms with Crippen molar-refractivity contribution < 1.29 is 0 Å². The van der Waals surface area contributed by atoms with Crippen LogP contribution in [0.5, 0.6) is 0 Å². The van der Waals surface area contributed by atoms with Crippen LogP contribution in [0.2, 0.25) is 0 Å². The highest BCUT2D eigenvalue weighted by Crippen LogP contribution is 2.32. The number of anilines is 1. The fourth-order valence-corrected chi connectivity index (χ4v) is 4.69. The zero-order valence-electron chi connectivity index (χ0n) is 14.7. The van der Waals surface area contributed by atoms with Gasteiger partial charge in [-0.1, -0.05) is 49.2 Å². The van der Waals surface area contributed by atoms with Crippen LogP contribution in [0.15, 0.2) is 54.0 Å². The molecule has 3 heteroatoms. The number of hydrogen-bond acceptors (Lipinski definition) is 3. The van der Waals surface area contributed by atoms with Crippen molar-refractivity contribution in [3.05, 3.63) is 59.6 Å². The van der Waals surface area contributed by atoms with E-state index in [4.69, 9.17) is 0 Å². The number of unbranched alkanes of at least 4 members (excludes halogenated alkanes) is 1. The van der Waals surface area contributed by atoms with Gasteiger partial charge in [-0.15, -0.1) is 11.3 Å². The minimum atomic E-state index is 0.904. The monoisotopic (exact) mass is 350 g/mol. The zero-order chi connectivity index (χ0) is 16.9. The van der Waals surface area contributed by atoms with Gasteiger partial charge in [0.25, 0.3) is 0 Å². The van der Waals surface area contributed by atoms with Gasteiger partial charge in [0.05, 0.1) is 15.9 Å². The fourth-order valence-electron chi connectivity index (χ4n) is 4.00. The van der Waals surface area contributed by atoms with E-state index < -0.39 is 0 Å². The van der Waals surface area contributed by atoms with Crippen molar-refractivity contribution >= 4 is 27.2 Å². The third kappa shape index (κ3) is 4.04. The van der Waals surface area contributed by atoms with E-state index in [-0.39, 0.29) is 0 Å². The number of para-hydroxylation sites is 1. The number of aryl methyl sites for hydroxylation is 1. The van der Waals surface area contributed by atoms with Crippen LogP contribution in [0.1, 0.15) is 37.7 Å². The van der Waals surface area contributed by atoms with Crippen LogP contribution in [0, 0.1) is 5.92 Å². The molecule has 0 radical (unpaired) electrons. The van der Waals surface area contributed by atoms with E-state index in [1.165, 1.54) is 73.1 Å². The lowest BCUT2D eigenvalue weighted by Crippen LogP contribution is -2.33. The Morgan fingerprint density at radius 1 is 0.960 bits per heavy atom. The maximum absolute atomic E-state index is 4.58. The van der Waals surface area contributed by atoms with E-state index in [0.29, 0.717) is 0 Å². The molecule has 1 aliphatic rings. The average Bonchev–Trinajstić information content (AvgIpc) is 3.15. The van der Waals surface area contributed by atoms with Crippen molar-refractivity contribution in [3.8, 4) is 0 Å². The van der Waals surface area contributed by atoms with Crippen LogP contribution in [-0.4, -0.2) is 18.1 Å². The normalized spacial score (nSPS) is 15.8. The highest BCUT2D eigenvalue weighted by Gasteiger charge is 2.20. The van der Waals surface area contributed by atoms with Gasteiger partial charge in [-0.05, 0) is 49.3 Å². The molecule has 1 aromatic heterocycles. The molecule has 1 saturated heterocycles. The topological polar surface area (TPSA) is 16.1 Å². The Bertz CT molecular complexity index is 788. The van der Waals surface area contributed by atoms with Gasteiger partial charge in [-0.25, -0.2) is 4.98 Å². The van der Waals surface area contributed by atoms with Gasteiger partial charge in [-0.3, -0.25) is 0 Å². The second kappa shape index (κ2) is 8.01. The summed E-state index contributed by atoms with van der Waals surface area (Å²) < 4.78 is 1.31. The summed E-state index contributed by atoms with van der Waals surface area (Å²) in [6, 6.07) is 17.5. The van der Waals surface area contributed by atoms with E-state index in [0.717, 1.165) is 5.92 Å². The summed E-state index contributed by atoms with van der Waals surface area (Å²) in [6.07, 6.45) is 7.95. The number of fused-ring (bicyclic) bond motifs is 1. The number of thiazole rings is 1. The van der Waals surface area contributed by atoms with Crippen LogP contribution in [0.4, 0.5) is 5.69 Å². The molecule has 1 fully saturated rings. The minimum Gasteiger partial charge on any atom is -0.370 e. The van der Waals surface area contributed by atoms with Crippen molar-refractivity contribution in [2.75, 3.05) is 18.0 Å². The Hall–Kier alpha value is -1.87. The molecular formula is C22H26N2S. The second-order valence-corrected chi connectivity index (χ2v) is 8.02. The van der Waals surface area contributed by atoms with Crippen molar-refractivity contribution in [3.63, 3.8) is 0 Å². The van der Waals surface area contributed by atoms with E-state index in [1.54, 1.807) is 11.3 Å². The molecule has 3 aromatic rings. The van der Waals surface area contributed by atoms with Crippen molar-refractivity contribution in [2.45, 2.75) is 38.5 Å². The van der Waals surface area contributed by atoms with Gasteiger partial charge in [0, 0.05) is 13.1 Å². The summed E-state index contributed by atoms with van der Waals surface area (Å²) in [6.45, 7) is 2.36. The van der Waals surface area contributed by atoms with Crippen molar-refractivity contribution in [1.29, 1.82) is 0 Å². The van der Waals surface area contributed by atoms with Gasteiger partial charge in [0.1, 0.15) is 5.52 Å². The predicted octanol–water partition coefficient (Wildman–Crippen LogP) is 5.93. The molecule has 130 valence electrons. The quantitative estimate of drug-likeness (QED) is 0.513. The molecule has 0 saturated carbocycles. The van der Waals surface area contributed by atoms with E-state index in [2.05, 4.69) is 58.4 Å². The number of piperidine rings is 1. The molecular weight excluding hydrogens is 324 g/mol. The third-order valence-corrected chi connectivity index (χ3v) is 6.26. The lowest BCUT2D eigenvalue weighted by Gasteiger charge is -2.33. The van der Waals surface area contributed by atoms with Crippen LogP contribution >= 0.6 is 11.3 Å². The van der Waals surface area contributed by atoms with Crippen LogP contribution in [-0.2, 0) is 6.42 Å². The number of benzene rings is 2. The van der Waals surface area contributed by atoms with Crippen LogP contribution in [0.25, 0.3) is 10.2 Å². The van der Waals surface area contributed by atoms with Crippen LogP contribution in [0.3, 0.4) is 0 Å². The molecule has 25 heavy (non-hydrogen) atoms. The van der Waals surface area contributed by atoms with Gasteiger partial charge in [0.15, 0.2) is 0 Å². The summed E-state index contributed by atoms with van der Waals surface area (Å²) in [5, 5.41) is 0. The first-order chi connectivity index (χ1) is 12.4. The third-order valence-electron chi connectivity index (χ3n) is 5.47. The van der Waals surface area contributed by atoms with Crippen molar-refractivity contribution in [1.82, 2.24) is 4.98 Å². The van der Waals surface area contributed by atoms with Crippen LogP contribution < -0.4 is 4.90 Å². The molecule has 0 atom stereocenters. The van der Waals surface area contributed by atoms with Gasteiger partial charge >= 0.3 is 0 Å². The molecule has 0 spiro atoms. The lowest BCUT2D eigenvalue weighted by atomic mass is 9.90. The van der Waals surface area contributed by atoms with Gasteiger partial charge in [0.2, 0.25) is 0 Å². The molecule has 0 amide bonds. The first-order valence-corrected chi connectivity index (χ1v) is 10.4. The molecule has 2 heterocycles. The molecule has 0 unspecified atom stereocenters. The highest BCUT2D eigenvalue weighted by molar-refractivity contribution is 7.16. The van der Waals surface area contributed by atoms with Gasteiger partial charge in [-0.2, -0.15) is 0 Å². The molecule has 0 aliphatic carbocycles. The minimum absolute atomic E-state index is 0.904. The average molecular weight is 351 g/mol. The molecule has 0 N–H and O–H groups in total. The Morgan fingerprint density at radius 2 is 1.80 bits per heavy atom. The van der Waals surface area contributed by atoms with E-state index in [9.17, 15) is 0 Å². The summed E-state index contributed by atoms with van der Waals surface area (Å²) in [5.74, 6) is 0.904. The molecule has 2 nitrogen and oxygen atoms in total. The molecule has 1 aliphatic heterocycles. The van der Waals surface area contributed by atoms with Crippen molar-refractivity contribution in [2.24, 2.45) is 5.92 Å². The molecule has 2 aromatic carbocycles. The maximum atomic E-state index is 4.58. The Balaban J connectivity index is 1.24. The fraction of sp³-hybridized carbons (Fsp3) is 0.409. The predicted molar refractivity (Wildman–Crippen MR) is 109 cm³/mol. The summed E-state index contributed by atoms with van der Waals surface area (Å²) in [7, 11) is 0. The lowest BCUT2D eigenvalue weighted by molar-refractivity contribution is 0.369. The first kappa shape index (κ1) is 16.6. The number of hydrogen-bond donors (Lipinski definition) is 0. The SMILES string of the molecule is c1ccc(CCCCC2CCN(c3cccc4scnc34)CC2)cc1. The largest absolute Gasteiger partial charge is 0.370 e. The molecule has 4 rings (SSSR count). The smallest absolute Gasteiger partial charge is 0.104 e. The summed E-state index contributed by atoms with van der Waals surface area (Å²) in [5.41, 5.74) is 5.97. The Kier molecular flexibility index (Phi) is 5.31. The maximum Gasteiger partial charge on any atom is 0.104 e. The standard InChI is InChI=1S/C22H26N2S/c1-2-7-18(8-3-1)9-4-5-10-19-13-15-24(16-14-19)20-11-6-12-21-22(20)23-17-25-21/h1-3,6-8,11-12,17,19H,4-5,9-10,13-16H2. The van der Waals surface area contributed by atoms with E-state index >= 15 is 0 Å². The first-order valence-electron chi connectivity index (χ1n) is 9.51. The number of nitrogens with zero attached hydrogens (tertiary/aromatic N) is 2. The summed E-state index contributed by atoms with van der Waals surface area (Å²) >= 11 is 1.74. The second-order valence-electron chi connectivity index (χ2n) is 7.14. The number of rotatable bonds is 6. The number of aromatic nitrogens is 1. The Morgan fingerprint density at radius 3 is 2.64 bits per heavy atom. The van der Waals surface area contributed by atoms with Gasteiger partial charge < -0.3 is 4.90 Å². The Labute approximate surface area is 154 Å². The summed E-state index contributed by atoms with van der Waals surface area (Å²) in [4.78, 5) is 7.12. The highest BCUT2D eigenvalue weighted by atomic mass is 32.1.